The maximum Gasteiger partial charge on any atom is 0.168 e. The van der Waals surface area contributed by atoms with Gasteiger partial charge in [0.05, 0.1) is 0 Å². The number of benzene rings is 3. The van der Waals surface area contributed by atoms with Gasteiger partial charge in [-0.3, -0.25) is 0 Å². The van der Waals surface area contributed by atoms with Gasteiger partial charge in [-0.15, -0.1) is 0 Å². The molecule has 0 spiro atoms. The maximum atomic E-state index is 15.8. The Bertz CT molecular complexity index is 1440. The Morgan fingerprint density at radius 3 is 1.74 bits per heavy atom. The van der Waals surface area contributed by atoms with Crippen LogP contribution in [0.4, 0.5) is 17.6 Å². The van der Waals surface area contributed by atoms with E-state index in [0.717, 1.165) is 57.3 Å². The highest BCUT2D eigenvalue weighted by atomic mass is 19.2. The predicted octanol–water partition coefficient (Wildman–Crippen LogP) is 12.9. The molecule has 0 bridgehead atoms. The molecule has 3 aliphatic carbocycles. The zero-order valence-corrected chi connectivity index (χ0v) is 25.9. The lowest BCUT2D eigenvalue weighted by Crippen LogP contribution is -2.16. The van der Waals surface area contributed by atoms with Gasteiger partial charge < -0.3 is 0 Å². The lowest BCUT2D eigenvalue weighted by Gasteiger charge is -2.32. The number of fused-ring (bicyclic) bond motifs is 4. The first kappa shape index (κ1) is 30.4. The van der Waals surface area contributed by atoms with Crippen LogP contribution in [-0.2, 0) is 0 Å². The van der Waals surface area contributed by atoms with Gasteiger partial charge >= 0.3 is 0 Å². The zero-order chi connectivity index (χ0) is 30.1. The molecule has 0 N–H and O–H groups in total. The summed E-state index contributed by atoms with van der Waals surface area (Å²) in [4.78, 5) is 0. The van der Waals surface area contributed by atoms with Gasteiger partial charge in [0.2, 0.25) is 0 Å². The Balaban J connectivity index is 1.19. The van der Waals surface area contributed by atoms with E-state index in [2.05, 4.69) is 13.8 Å². The van der Waals surface area contributed by atoms with Crippen LogP contribution in [-0.4, -0.2) is 0 Å². The summed E-state index contributed by atoms with van der Waals surface area (Å²) < 4.78 is 62.4. The molecule has 0 heterocycles. The van der Waals surface area contributed by atoms with Crippen molar-refractivity contribution in [3.8, 4) is 33.4 Å². The van der Waals surface area contributed by atoms with Gasteiger partial charge in [-0.2, -0.15) is 0 Å². The van der Waals surface area contributed by atoms with Crippen molar-refractivity contribution in [1.82, 2.24) is 0 Å². The summed E-state index contributed by atoms with van der Waals surface area (Å²) >= 11 is 0. The second-order valence-electron chi connectivity index (χ2n) is 13.7. The van der Waals surface area contributed by atoms with E-state index in [1.54, 1.807) is 18.2 Å². The Kier molecular flexibility index (Phi) is 9.31. The maximum absolute atomic E-state index is 15.8. The molecule has 2 fully saturated rings. The molecule has 0 aromatic heterocycles. The monoisotopic (exact) mass is 590 g/mol. The number of hydrogen-bond donors (Lipinski definition) is 0. The SMILES string of the molecule is CCCCCC1CCC(c2ccc(-c3cc4c(c(F)c3F)-c3c-4ccc(C4CCC(CCCC)CC4)c3F)cc2F)CC1. The van der Waals surface area contributed by atoms with Crippen LogP contribution in [0.1, 0.15) is 133 Å². The molecule has 230 valence electrons. The van der Waals surface area contributed by atoms with Crippen LogP contribution in [0.25, 0.3) is 33.4 Å². The minimum atomic E-state index is -1.04. The molecular formula is C39H46F4. The van der Waals surface area contributed by atoms with Crippen LogP contribution >= 0.6 is 0 Å². The van der Waals surface area contributed by atoms with Crippen LogP contribution in [0.15, 0.2) is 36.4 Å². The summed E-state index contributed by atoms with van der Waals surface area (Å²) in [5, 5.41) is 0. The summed E-state index contributed by atoms with van der Waals surface area (Å²) in [7, 11) is 0. The van der Waals surface area contributed by atoms with E-state index in [0.29, 0.717) is 33.7 Å². The smallest absolute Gasteiger partial charge is 0.168 e. The van der Waals surface area contributed by atoms with Crippen LogP contribution in [0.2, 0.25) is 0 Å². The molecule has 0 nitrogen and oxygen atoms in total. The fourth-order valence-corrected chi connectivity index (χ4v) is 8.33. The van der Waals surface area contributed by atoms with E-state index in [4.69, 9.17) is 0 Å². The first-order chi connectivity index (χ1) is 20.9. The van der Waals surface area contributed by atoms with Gasteiger partial charge in [-0.1, -0.05) is 83.1 Å². The highest BCUT2D eigenvalue weighted by Gasteiger charge is 2.36. The van der Waals surface area contributed by atoms with Crippen molar-refractivity contribution in [3.05, 3.63) is 70.8 Å². The van der Waals surface area contributed by atoms with E-state index in [1.165, 1.54) is 51.0 Å². The average molecular weight is 591 g/mol. The van der Waals surface area contributed by atoms with Gasteiger partial charge in [-0.25, -0.2) is 17.6 Å². The zero-order valence-electron chi connectivity index (χ0n) is 25.9. The van der Waals surface area contributed by atoms with E-state index >= 15 is 17.6 Å². The number of hydrogen-bond acceptors (Lipinski definition) is 0. The predicted molar refractivity (Wildman–Crippen MR) is 169 cm³/mol. The van der Waals surface area contributed by atoms with Crippen molar-refractivity contribution in [2.45, 2.75) is 122 Å². The summed E-state index contributed by atoms with van der Waals surface area (Å²) in [5.74, 6) is -1.08. The summed E-state index contributed by atoms with van der Waals surface area (Å²) in [6, 6.07) is 10.1. The van der Waals surface area contributed by atoms with E-state index in [-0.39, 0.29) is 34.3 Å². The van der Waals surface area contributed by atoms with Crippen molar-refractivity contribution >= 4 is 0 Å². The second-order valence-corrected chi connectivity index (χ2v) is 13.7. The second kappa shape index (κ2) is 13.2. The molecular weight excluding hydrogens is 544 g/mol. The van der Waals surface area contributed by atoms with Crippen LogP contribution < -0.4 is 0 Å². The molecule has 0 amide bonds. The molecule has 3 aromatic rings. The van der Waals surface area contributed by atoms with Crippen LogP contribution in [0.3, 0.4) is 0 Å². The molecule has 0 radical (unpaired) electrons. The standard InChI is InChI=1S/C39H46F4/c1-3-5-7-9-25-10-14-26(15-11-25)29-19-18-28(22-34(29)40)32-23-33-31-21-20-30(27-16-12-24(13-17-27)8-6-4-2)37(41)35(31)36(33)39(43)38(32)42/h18-27H,3-17H2,1-2H3. The van der Waals surface area contributed by atoms with Crippen molar-refractivity contribution < 1.29 is 17.6 Å². The van der Waals surface area contributed by atoms with Crippen molar-refractivity contribution in [2.75, 3.05) is 0 Å². The lowest BCUT2D eigenvalue weighted by atomic mass is 9.73. The third-order valence-electron chi connectivity index (χ3n) is 11.0. The van der Waals surface area contributed by atoms with Gasteiger partial charge in [0.15, 0.2) is 11.6 Å². The quantitative estimate of drug-likeness (QED) is 0.127. The molecule has 2 saturated carbocycles. The fourth-order valence-electron chi connectivity index (χ4n) is 8.33. The third kappa shape index (κ3) is 5.92. The fraction of sp³-hybridized carbons (Fsp3) is 0.538. The minimum absolute atomic E-state index is 0.0278. The number of unbranched alkanes of at least 4 members (excludes halogenated alkanes) is 3. The average Bonchev–Trinajstić information content (AvgIpc) is 3.01. The van der Waals surface area contributed by atoms with Gasteiger partial charge in [0, 0.05) is 16.7 Å². The lowest BCUT2D eigenvalue weighted by molar-refractivity contribution is 0.299. The van der Waals surface area contributed by atoms with Crippen LogP contribution in [0, 0.1) is 35.1 Å². The topological polar surface area (TPSA) is 0 Å². The van der Waals surface area contributed by atoms with Gasteiger partial charge in [-0.05, 0) is 115 Å². The molecule has 3 aromatic carbocycles. The van der Waals surface area contributed by atoms with Gasteiger partial charge in [0.25, 0.3) is 0 Å². The number of rotatable bonds is 10. The van der Waals surface area contributed by atoms with E-state index < -0.39 is 17.5 Å². The Hall–Kier alpha value is -2.62. The third-order valence-corrected chi connectivity index (χ3v) is 11.0. The normalized spacial score (nSPS) is 23.0. The summed E-state index contributed by atoms with van der Waals surface area (Å²) in [5.41, 5.74) is 3.01. The molecule has 3 aliphatic rings. The molecule has 0 saturated heterocycles. The highest BCUT2D eigenvalue weighted by molar-refractivity contribution is 6.04. The minimum Gasteiger partial charge on any atom is -0.207 e. The summed E-state index contributed by atoms with van der Waals surface area (Å²) in [6.07, 6.45) is 17.0. The van der Waals surface area contributed by atoms with Crippen molar-refractivity contribution in [2.24, 2.45) is 11.8 Å². The Labute approximate surface area is 255 Å². The molecule has 4 heteroatoms. The highest BCUT2D eigenvalue weighted by Crippen LogP contribution is 2.54. The van der Waals surface area contributed by atoms with E-state index in [9.17, 15) is 0 Å². The number of halogens is 4. The first-order valence-corrected chi connectivity index (χ1v) is 17.1. The largest absolute Gasteiger partial charge is 0.207 e. The molecule has 0 unspecified atom stereocenters. The molecule has 6 rings (SSSR count). The van der Waals surface area contributed by atoms with Crippen LogP contribution in [0.5, 0.6) is 0 Å². The van der Waals surface area contributed by atoms with E-state index in [1.807, 2.05) is 12.1 Å². The molecule has 0 atom stereocenters. The molecule has 0 aliphatic heterocycles. The van der Waals surface area contributed by atoms with Gasteiger partial charge in [0.1, 0.15) is 11.6 Å². The Morgan fingerprint density at radius 2 is 1.12 bits per heavy atom. The van der Waals surface area contributed by atoms with Crippen molar-refractivity contribution in [1.29, 1.82) is 0 Å². The first-order valence-electron chi connectivity index (χ1n) is 17.1. The van der Waals surface area contributed by atoms with Crippen molar-refractivity contribution in [3.63, 3.8) is 0 Å². The molecule has 43 heavy (non-hydrogen) atoms. The summed E-state index contributed by atoms with van der Waals surface area (Å²) in [6.45, 7) is 4.43. The Morgan fingerprint density at radius 1 is 0.535 bits per heavy atom.